The Morgan fingerprint density at radius 1 is 0.692 bits per heavy atom. The summed E-state index contributed by atoms with van der Waals surface area (Å²) in [6.07, 6.45) is 0. The second-order valence-electron chi connectivity index (χ2n) is 4.88. The van der Waals surface area contributed by atoms with E-state index in [1.54, 1.807) is 0 Å². The highest BCUT2D eigenvalue weighted by Crippen LogP contribution is 2.35. The molecule has 0 aliphatic rings. The fraction of sp³-hybridized carbons (Fsp3) is 1.00. The van der Waals surface area contributed by atoms with Crippen LogP contribution < -0.4 is 0 Å². The summed E-state index contributed by atoms with van der Waals surface area (Å²) in [5.74, 6) is 0. The normalized spacial score (nSPS) is 13.8. The van der Waals surface area contributed by atoms with Gasteiger partial charge in [-0.05, 0) is 39.3 Å². The number of nitrogens with zero attached hydrogens (tertiary/aromatic N) is 2. The molecule has 0 rings (SSSR count). The first-order chi connectivity index (χ1) is 5.77. The standard InChI is InChI=1S/C10H26N2Si/c1-9(2)13(10(3)4,11(5)6)12(7)8/h9-10H,1-8H3. The molecule has 0 aromatic heterocycles. The maximum Gasteiger partial charge on any atom is 0.211 e. The van der Waals surface area contributed by atoms with Crippen LogP contribution in [0.25, 0.3) is 0 Å². The van der Waals surface area contributed by atoms with Crippen molar-refractivity contribution in [2.24, 2.45) is 0 Å². The van der Waals surface area contributed by atoms with Crippen molar-refractivity contribution in [2.75, 3.05) is 28.2 Å². The average Bonchev–Trinajstić information content (AvgIpc) is 1.82. The van der Waals surface area contributed by atoms with Gasteiger partial charge in [-0.1, -0.05) is 27.7 Å². The zero-order valence-corrected chi connectivity index (χ0v) is 11.5. The molecule has 0 aliphatic heterocycles. The summed E-state index contributed by atoms with van der Waals surface area (Å²) in [5, 5.41) is 0. The predicted molar refractivity (Wildman–Crippen MR) is 63.3 cm³/mol. The highest BCUT2D eigenvalue weighted by atomic mass is 28.4. The van der Waals surface area contributed by atoms with Crippen molar-refractivity contribution < 1.29 is 0 Å². The van der Waals surface area contributed by atoms with Crippen LogP contribution in [0.2, 0.25) is 11.1 Å². The van der Waals surface area contributed by atoms with Crippen molar-refractivity contribution in [1.82, 2.24) is 9.13 Å². The van der Waals surface area contributed by atoms with E-state index in [9.17, 15) is 0 Å². The third-order valence-electron chi connectivity index (χ3n) is 3.13. The van der Waals surface area contributed by atoms with Gasteiger partial charge in [0.2, 0.25) is 8.40 Å². The van der Waals surface area contributed by atoms with Crippen LogP contribution >= 0.6 is 0 Å². The van der Waals surface area contributed by atoms with Gasteiger partial charge in [0, 0.05) is 0 Å². The van der Waals surface area contributed by atoms with E-state index in [1.807, 2.05) is 0 Å². The lowest BCUT2D eigenvalue weighted by Crippen LogP contribution is -2.64. The van der Waals surface area contributed by atoms with Crippen molar-refractivity contribution in [3.05, 3.63) is 0 Å². The summed E-state index contributed by atoms with van der Waals surface area (Å²) in [6.45, 7) is 9.41. The minimum absolute atomic E-state index is 0.762. The molecule has 0 heterocycles. The molecule has 0 amide bonds. The third kappa shape index (κ3) is 2.14. The maximum atomic E-state index is 2.47. The molecule has 0 spiro atoms. The maximum absolute atomic E-state index is 2.47. The highest BCUT2D eigenvalue weighted by Gasteiger charge is 2.45. The summed E-state index contributed by atoms with van der Waals surface area (Å²) in [6, 6.07) is 0. The quantitative estimate of drug-likeness (QED) is 0.646. The van der Waals surface area contributed by atoms with E-state index in [0.717, 1.165) is 11.1 Å². The lowest BCUT2D eigenvalue weighted by Gasteiger charge is -2.48. The van der Waals surface area contributed by atoms with Crippen LogP contribution in [0.5, 0.6) is 0 Å². The molecule has 0 aromatic rings. The van der Waals surface area contributed by atoms with Gasteiger partial charge in [-0.2, -0.15) is 0 Å². The first kappa shape index (κ1) is 13.1. The zero-order chi connectivity index (χ0) is 10.8. The molecule has 0 aromatic carbocycles. The number of rotatable bonds is 4. The fourth-order valence-corrected chi connectivity index (χ4v) is 9.40. The van der Waals surface area contributed by atoms with Crippen molar-refractivity contribution in [3.8, 4) is 0 Å². The summed E-state index contributed by atoms with van der Waals surface area (Å²) < 4.78 is 4.95. The van der Waals surface area contributed by atoms with Crippen LogP contribution in [0.15, 0.2) is 0 Å². The van der Waals surface area contributed by atoms with E-state index < -0.39 is 8.40 Å². The second kappa shape index (κ2) is 4.58. The molecular weight excluding hydrogens is 176 g/mol. The predicted octanol–water partition coefficient (Wildman–Crippen LogP) is 2.37. The van der Waals surface area contributed by atoms with Crippen molar-refractivity contribution >= 4 is 8.40 Å². The van der Waals surface area contributed by atoms with E-state index in [-0.39, 0.29) is 0 Å². The van der Waals surface area contributed by atoms with E-state index in [4.69, 9.17) is 0 Å². The largest absolute Gasteiger partial charge is 0.317 e. The van der Waals surface area contributed by atoms with Crippen molar-refractivity contribution in [3.63, 3.8) is 0 Å². The highest BCUT2D eigenvalue weighted by molar-refractivity contribution is 6.76. The molecule has 2 nitrogen and oxygen atoms in total. The molecule has 13 heavy (non-hydrogen) atoms. The van der Waals surface area contributed by atoms with Crippen LogP contribution in [-0.2, 0) is 0 Å². The Labute approximate surface area is 85.1 Å². The topological polar surface area (TPSA) is 6.48 Å². The van der Waals surface area contributed by atoms with Gasteiger partial charge < -0.3 is 9.13 Å². The monoisotopic (exact) mass is 202 g/mol. The van der Waals surface area contributed by atoms with Crippen LogP contribution in [0.1, 0.15) is 27.7 Å². The Morgan fingerprint density at radius 3 is 0.923 bits per heavy atom. The molecule has 0 saturated carbocycles. The number of hydrogen-bond acceptors (Lipinski definition) is 2. The van der Waals surface area contributed by atoms with E-state index in [0.29, 0.717) is 0 Å². The van der Waals surface area contributed by atoms with Gasteiger partial charge in [-0.15, -0.1) is 0 Å². The van der Waals surface area contributed by atoms with E-state index in [2.05, 4.69) is 65.0 Å². The Bertz CT molecular complexity index is 115. The van der Waals surface area contributed by atoms with Crippen molar-refractivity contribution in [1.29, 1.82) is 0 Å². The Balaban J connectivity index is 5.06. The molecule has 0 saturated heterocycles. The van der Waals surface area contributed by atoms with Crippen LogP contribution in [0, 0.1) is 0 Å². The van der Waals surface area contributed by atoms with Crippen LogP contribution in [0.4, 0.5) is 0 Å². The Kier molecular flexibility index (Phi) is 4.62. The molecule has 0 radical (unpaired) electrons. The van der Waals surface area contributed by atoms with Gasteiger partial charge >= 0.3 is 0 Å². The Morgan fingerprint density at radius 2 is 0.923 bits per heavy atom. The zero-order valence-electron chi connectivity index (χ0n) is 10.5. The lowest BCUT2D eigenvalue weighted by atomic mass is 10.5. The first-order valence-electron chi connectivity index (χ1n) is 5.12. The lowest BCUT2D eigenvalue weighted by molar-refractivity contribution is 0.442. The van der Waals surface area contributed by atoms with Crippen LogP contribution in [0.3, 0.4) is 0 Å². The van der Waals surface area contributed by atoms with Gasteiger partial charge in [-0.3, -0.25) is 0 Å². The molecule has 80 valence electrons. The minimum atomic E-state index is -1.44. The summed E-state index contributed by atoms with van der Waals surface area (Å²) in [4.78, 5) is 0. The first-order valence-corrected chi connectivity index (χ1v) is 7.17. The third-order valence-corrected chi connectivity index (χ3v) is 9.40. The molecular formula is C10H26N2Si. The summed E-state index contributed by atoms with van der Waals surface area (Å²) in [7, 11) is 7.48. The minimum Gasteiger partial charge on any atom is -0.317 e. The Hall–Kier alpha value is 0.137. The van der Waals surface area contributed by atoms with Gasteiger partial charge in [-0.25, -0.2) is 0 Å². The fourth-order valence-electron chi connectivity index (χ4n) is 3.13. The second-order valence-corrected chi connectivity index (χ2v) is 10.5. The molecule has 0 N–H and O–H groups in total. The van der Waals surface area contributed by atoms with Gasteiger partial charge in [0.05, 0.1) is 0 Å². The summed E-state index contributed by atoms with van der Waals surface area (Å²) >= 11 is 0. The van der Waals surface area contributed by atoms with Gasteiger partial charge in [0.15, 0.2) is 0 Å². The molecule has 0 bridgehead atoms. The molecule has 0 atom stereocenters. The molecule has 0 unspecified atom stereocenters. The van der Waals surface area contributed by atoms with Gasteiger partial charge in [0.1, 0.15) is 0 Å². The molecule has 0 fully saturated rings. The average molecular weight is 202 g/mol. The SMILES string of the molecule is CC(C)[Si](C(C)C)(N(C)C)N(C)C. The molecule has 0 aliphatic carbocycles. The van der Waals surface area contributed by atoms with E-state index >= 15 is 0 Å². The van der Waals surface area contributed by atoms with Crippen LogP contribution in [-0.4, -0.2) is 45.7 Å². The smallest absolute Gasteiger partial charge is 0.211 e. The summed E-state index contributed by atoms with van der Waals surface area (Å²) in [5.41, 5.74) is 1.52. The van der Waals surface area contributed by atoms with Crippen molar-refractivity contribution in [2.45, 2.75) is 38.8 Å². The number of hydrogen-bond donors (Lipinski definition) is 0. The van der Waals surface area contributed by atoms with E-state index in [1.165, 1.54) is 0 Å². The van der Waals surface area contributed by atoms with Gasteiger partial charge in [0.25, 0.3) is 0 Å². The molecule has 3 heteroatoms.